The minimum absolute atomic E-state index is 0.218. The van der Waals surface area contributed by atoms with Crippen LogP contribution < -0.4 is 9.80 Å². The number of piperazine rings is 1. The predicted octanol–water partition coefficient (Wildman–Crippen LogP) is 3.88. The maximum absolute atomic E-state index is 13.1. The molecule has 5 heteroatoms. The number of aromatic nitrogens is 1. The highest BCUT2D eigenvalue weighted by Crippen LogP contribution is 2.31. The van der Waals surface area contributed by atoms with Gasteiger partial charge in [-0.25, -0.2) is 4.39 Å². The van der Waals surface area contributed by atoms with Gasteiger partial charge in [0.2, 0.25) is 0 Å². The van der Waals surface area contributed by atoms with Crippen molar-refractivity contribution in [1.82, 2.24) is 4.98 Å². The summed E-state index contributed by atoms with van der Waals surface area (Å²) in [5.41, 5.74) is 4.67. The maximum Gasteiger partial charge on any atom is 0.123 e. The van der Waals surface area contributed by atoms with Crippen LogP contribution in [-0.4, -0.2) is 31.2 Å². The Kier molecular flexibility index (Phi) is 4.18. The number of aryl methyl sites for hydroxylation is 1. The number of rotatable bonds is 2. The summed E-state index contributed by atoms with van der Waals surface area (Å²) in [5, 5.41) is 10.6. The lowest BCUT2D eigenvalue weighted by atomic mass is 10.1. The van der Waals surface area contributed by atoms with Crippen molar-refractivity contribution in [1.29, 1.82) is 5.26 Å². The fraction of sp³-hybridized carbons (Fsp3) is 0.238. The molecule has 130 valence electrons. The second-order valence-electron chi connectivity index (χ2n) is 6.60. The Morgan fingerprint density at radius 1 is 1.00 bits per heavy atom. The first kappa shape index (κ1) is 16.3. The molecule has 2 aromatic carbocycles. The van der Waals surface area contributed by atoms with Crippen LogP contribution in [0.2, 0.25) is 0 Å². The summed E-state index contributed by atoms with van der Waals surface area (Å²) in [5.74, 6) is -0.218. The standard InChI is InChI=1S/C21H19FN4/c1-15-2-7-20-19(12-15)21(16(13-23)14-24-20)26-10-8-25(9-11-26)18-5-3-17(22)4-6-18/h2-7,12,14H,8-11H2,1H3. The highest BCUT2D eigenvalue weighted by Gasteiger charge is 2.22. The zero-order valence-corrected chi connectivity index (χ0v) is 14.6. The summed E-state index contributed by atoms with van der Waals surface area (Å²) in [4.78, 5) is 8.94. The molecule has 2 heterocycles. The van der Waals surface area contributed by atoms with Crippen molar-refractivity contribution < 1.29 is 4.39 Å². The number of hydrogen-bond acceptors (Lipinski definition) is 4. The van der Waals surface area contributed by atoms with E-state index < -0.39 is 0 Å². The Morgan fingerprint density at radius 2 is 1.69 bits per heavy atom. The summed E-state index contributed by atoms with van der Waals surface area (Å²) < 4.78 is 13.1. The number of benzene rings is 2. The molecule has 1 saturated heterocycles. The van der Waals surface area contributed by atoms with Crippen molar-refractivity contribution in [2.75, 3.05) is 36.0 Å². The quantitative estimate of drug-likeness (QED) is 0.706. The van der Waals surface area contributed by atoms with E-state index in [1.54, 1.807) is 6.20 Å². The molecular weight excluding hydrogens is 327 g/mol. The third kappa shape index (κ3) is 2.95. The van der Waals surface area contributed by atoms with Crippen LogP contribution >= 0.6 is 0 Å². The average molecular weight is 346 g/mol. The molecule has 0 unspecified atom stereocenters. The van der Waals surface area contributed by atoms with Crippen LogP contribution in [-0.2, 0) is 0 Å². The molecule has 4 nitrogen and oxygen atoms in total. The number of anilines is 2. The van der Waals surface area contributed by atoms with Gasteiger partial charge in [-0.05, 0) is 43.3 Å². The third-order valence-corrected chi connectivity index (χ3v) is 4.90. The van der Waals surface area contributed by atoms with E-state index in [0.717, 1.165) is 54.0 Å². The number of pyridine rings is 1. The minimum Gasteiger partial charge on any atom is -0.368 e. The zero-order valence-electron chi connectivity index (χ0n) is 14.6. The van der Waals surface area contributed by atoms with E-state index in [4.69, 9.17) is 0 Å². The van der Waals surface area contributed by atoms with Gasteiger partial charge in [0.15, 0.2) is 0 Å². The van der Waals surface area contributed by atoms with Gasteiger partial charge in [0.05, 0.1) is 16.8 Å². The van der Waals surface area contributed by atoms with Gasteiger partial charge in [0, 0.05) is 43.4 Å². The number of hydrogen-bond donors (Lipinski definition) is 0. The lowest BCUT2D eigenvalue weighted by Gasteiger charge is -2.38. The molecule has 0 amide bonds. The van der Waals surface area contributed by atoms with Crippen molar-refractivity contribution in [3.63, 3.8) is 0 Å². The largest absolute Gasteiger partial charge is 0.368 e. The minimum atomic E-state index is -0.218. The lowest BCUT2D eigenvalue weighted by molar-refractivity contribution is 0.625. The zero-order chi connectivity index (χ0) is 18.1. The van der Waals surface area contributed by atoms with Gasteiger partial charge in [-0.15, -0.1) is 0 Å². The highest BCUT2D eigenvalue weighted by molar-refractivity contribution is 5.95. The fourth-order valence-electron chi connectivity index (χ4n) is 3.56. The van der Waals surface area contributed by atoms with Crippen LogP contribution in [0.1, 0.15) is 11.1 Å². The lowest BCUT2D eigenvalue weighted by Crippen LogP contribution is -2.46. The molecule has 4 rings (SSSR count). The predicted molar refractivity (Wildman–Crippen MR) is 102 cm³/mol. The van der Waals surface area contributed by atoms with Gasteiger partial charge in [0.25, 0.3) is 0 Å². The van der Waals surface area contributed by atoms with Gasteiger partial charge in [-0.1, -0.05) is 11.6 Å². The summed E-state index contributed by atoms with van der Waals surface area (Å²) in [6.45, 7) is 5.31. The van der Waals surface area contributed by atoms with Gasteiger partial charge in [-0.3, -0.25) is 4.98 Å². The second-order valence-corrected chi connectivity index (χ2v) is 6.60. The number of halogens is 1. The van der Waals surface area contributed by atoms with E-state index in [9.17, 15) is 9.65 Å². The molecule has 3 aromatic rings. The van der Waals surface area contributed by atoms with Gasteiger partial charge in [0.1, 0.15) is 11.9 Å². The van der Waals surface area contributed by atoms with Crippen LogP contribution in [0.15, 0.2) is 48.7 Å². The smallest absolute Gasteiger partial charge is 0.123 e. The molecule has 1 fully saturated rings. The topological polar surface area (TPSA) is 43.2 Å². The molecule has 0 saturated carbocycles. The SMILES string of the molecule is Cc1ccc2ncc(C#N)c(N3CCN(c4ccc(F)cc4)CC3)c2c1. The van der Waals surface area contributed by atoms with Crippen LogP contribution in [0, 0.1) is 24.1 Å². The first-order chi connectivity index (χ1) is 12.7. The highest BCUT2D eigenvalue weighted by atomic mass is 19.1. The first-order valence-corrected chi connectivity index (χ1v) is 8.70. The molecule has 1 aliphatic rings. The van der Waals surface area contributed by atoms with E-state index in [0.29, 0.717) is 5.56 Å². The van der Waals surface area contributed by atoms with Crippen LogP contribution in [0.25, 0.3) is 10.9 Å². The summed E-state index contributed by atoms with van der Waals surface area (Å²) in [7, 11) is 0. The molecule has 1 aliphatic heterocycles. The van der Waals surface area contributed by atoms with Crippen molar-refractivity contribution in [2.45, 2.75) is 6.92 Å². The molecule has 0 N–H and O–H groups in total. The van der Waals surface area contributed by atoms with Crippen LogP contribution in [0.3, 0.4) is 0 Å². The Bertz CT molecular complexity index is 983. The average Bonchev–Trinajstić information content (AvgIpc) is 2.68. The molecule has 0 radical (unpaired) electrons. The maximum atomic E-state index is 13.1. The number of nitrogens with zero attached hydrogens (tertiary/aromatic N) is 4. The Labute approximate surface area is 152 Å². The van der Waals surface area contributed by atoms with E-state index in [1.807, 2.05) is 24.3 Å². The normalized spacial score (nSPS) is 14.5. The fourth-order valence-corrected chi connectivity index (χ4v) is 3.56. The first-order valence-electron chi connectivity index (χ1n) is 8.70. The number of nitriles is 1. The molecule has 1 aromatic heterocycles. The second kappa shape index (κ2) is 6.64. The van der Waals surface area contributed by atoms with Gasteiger partial charge >= 0.3 is 0 Å². The Morgan fingerprint density at radius 3 is 2.38 bits per heavy atom. The van der Waals surface area contributed by atoms with E-state index >= 15 is 0 Å². The molecule has 0 aliphatic carbocycles. The monoisotopic (exact) mass is 346 g/mol. The molecule has 26 heavy (non-hydrogen) atoms. The van der Waals surface area contributed by atoms with Crippen molar-refractivity contribution >= 4 is 22.3 Å². The molecule has 0 atom stereocenters. The molecular formula is C21H19FN4. The Hall–Kier alpha value is -3.13. The Balaban J connectivity index is 1.64. The van der Waals surface area contributed by atoms with E-state index in [1.165, 1.54) is 12.1 Å². The molecule has 0 bridgehead atoms. The van der Waals surface area contributed by atoms with Gasteiger partial charge < -0.3 is 9.80 Å². The van der Waals surface area contributed by atoms with Crippen LogP contribution in [0.5, 0.6) is 0 Å². The van der Waals surface area contributed by atoms with Crippen molar-refractivity contribution in [3.05, 3.63) is 65.6 Å². The summed E-state index contributed by atoms with van der Waals surface area (Å²) in [6, 6.07) is 15.1. The summed E-state index contributed by atoms with van der Waals surface area (Å²) >= 11 is 0. The number of fused-ring (bicyclic) bond motifs is 1. The van der Waals surface area contributed by atoms with E-state index in [-0.39, 0.29) is 5.82 Å². The van der Waals surface area contributed by atoms with E-state index in [2.05, 4.69) is 33.8 Å². The van der Waals surface area contributed by atoms with Crippen molar-refractivity contribution in [3.8, 4) is 6.07 Å². The third-order valence-electron chi connectivity index (χ3n) is 4.90. The van der Waals surface area contributed by atoms with Crippen molar-refractivity contribution in [2.24, 2.45) is 0 Å². The van der Waals surface area contributed by atoms with Gasteiger partial charge in [-0.2, -0.15) is 5.26 Å². The molecule has 0 spiro atoms. The van der Waals surface area contributed by atoms with Crippen LogP contribution in [0.4, 0.5) is 15.8 Å². The summed E-state index contributed by atoms with van der Waals surface area (Å²) in [6.07, 6.45) is 1.67.